The molecule has 0 saturated carbocycles. The number of anilines is 1. The molecular formula is C15H12BrF2NO3. The van der Waals surface area contributed by atoms with Gasteiger partial charge in [-0.3, -0.25) is 4.79 Å². The van der Waals surface area contributed by atoms with Crippen LogP contribution in [0.15, 0.2) is 46.9 Å². The quantitative estimate of drug-likeness (QED) is 0.851. The molecule has 0 heterocycles. The zero-order valence-corrected chi connectivity index (χ0v) is 13.1. The molecule has 4 nitrogen and oxygen atoms in total. The Hall–Kier alpha value is -2.15. The molecule has 22 heavy (non-hydrogen) atoms. The van der Waals surface area contributed by atoms with Crippen LogP contribution in [0.4, 0.5) is 14.5 Å². The lowest BCUT2D eigenvalue weighted by Gasteiger charge is -2.11. The highest BCUT2D eigenvalue weighted by molar-refractivity contribution is 9.10. The van der Waals surface area contributed by atoms with Gasteiger partial charge in [0, 0.05) is 15.7 Å². The summed E-state index contributed by atoms with van der Waals surface area (Å²) in [6.07, 6.45) is 0. The van der Waals surface area contributed by atoms with Gasteiger partial charge in [-0.25, -0.2) is 0 Å². The number of methoxy groups -OCH3 is 1. The molecule has 0 spiro atoms. The molecule has 0 unspecified atom stereocenters. The topological polar surface area (TPSA) is 47.6 Å². The minimum atomic E-state index is -2.96. The Bertz CT molecular complexity index is 662. The molecule has 0 fully saturated rings. The highest BCUT2D eigenvalue weighted by Crippen LogP contribution is 2.29. The number of ether oxygens (including phenoxy) is 2. The number of benzene rings is 2. The predicted octanol–water partition coefficient (Wildman–Crippen LogP) is 4.31. The van der Waals surface area contributed by atoms with Gasteiger partial charge in [0.1, 0.15) is 0 Å². The molecule has 0 aliphatic heterocycles. The van der Waals surface area contributed by atoms with Crippen molar-refractivity contribution in [3.05, 3.63) is 52.5 Å². The highest BCUT2D eigenvalue weighted by Gasteiger charge is 2.14. The molecule has 0 bridgehead atoms. The van der Waals surface area contributed by atoms with E-state index in [0.29, 0.717) is 5.69 Å². The van der Waals surface area contributed by atoms with E-state index < -0.39 is 6.61 Å². The maximum absolute atomic E-state index is 12.3. The molecular weight excluding hydrogens is 360 g/mol. The van der Waals surface area contributed by atoms with Crippen LogP contribution in [0.2, 0.25) is 0 Å². The third kappa shape index (κ3) is 4.17. The standard InChI is InChI=1S/C15H12BrF2NO3/c1-21-13-8-9(2-7-12(13)22-15(17)18)14(20)19-11-5-3-10(16)4-6-11/h2-8,15H,1H3,(H,19,20). The molecule has 0 aliphatic carbocycles. The van der Waals surface area contributed by atoms with Crippen molar-refractivity contribution < 1.29 is 23.0 Å². The normalized spacial score (nSPS) is 10.4. The van der Waals surface area contributed by atoms with Gasteiger partial charge < -0.3 is 14.8 Å². The second-order valence-electron chi connectivity index (χ2n) is 4.21. The van der Waals surface area contributed by atoms with Crippen molar-refractivity contribution >= 4 is 27.5 Å². The van der Waals surface area contributed by atoms with Crippen LogP contribution in [0.3, 0.4) is 0 Å². The average Bonchev–Trinajstić information content (AvgIpc) is 2.49. The monoisotopic (exact) mass is 371 g/mol. The van der Waals surface area contributed by atoms with Gasteiger partial charge in [-0.05, 0) is 42.5 Å². The Kier molecular flexibility index (Phi) is 5.32. The van der Waals surface area contributed by atoms with Crippen molar-refractivity contribution in [3.8, 4) is 11.5 Å². The van der Waals surface area contributed by atoms with Crippen LogP contribution in [0, 0.1) is 0 Å². The molecule has 1 amide bonds. The van der Waals surface area contributed by atoms with Gasteiger partial charge in [-0.1, -0.05) is 15.9 Å². The molecule has 2 aromatic carbocycles. The number of amides is 1. The molecule has 116 valence electrons. The summed E-state index contributed by atoms with van der Waals surface area (Å²) in [6, 6.07) is 11.0. The van der Waals surface area contributed by atoms with E-state index in [2.05, 4.69) is 26.0 Å². The van der Waals surface area contributed by atoms with Crippen molar-refractivity contribution in [2.45, 2.75) is 6.61 Å². The molecule has 1 N–H and O–H groups in total. The Morgan fingerprint density at radius 2 is 1.82 bits per heavy atom. The van der Waals surface area contributed by atoms with Gasteiger partial charge in [0.2, 0.25) is 0 Å². The van der Waals surface area contributed by atoms with E-state index in [4.69, 9.17) is 4.74 Å². The first-order valence-corrected chi connectivity index (χ1v) is 6.98. The third-order valence-electron chi connectivity index (χ3n) is 2.74. The summed E-state index contributed by atoms with van der Waals surface area (Å²) in [5, 5.41) is 2.69. The SMILES string of the molecule is COc1cc(C(=O)Nc2ccc(Br)cc2)ccc1OC(F)F. The average molecular weight is 372 g/mol. The van der Waals surface area contributed by atoms with Crippen molar-refractivity contribution in [1.82, 2.24) is 0 Å². The highest BCUT2D eigenvalue weighted by atomic mass is 79.9. The fourth-order valence-corrected chi connectivity index (χ4v) is 2.00. The summed E-state index contributed by atoms with van der Waals surface area (Å²) < 4.78 is 34.7. The van der Waals surface area contributed by atoms with Crippen LogP contribution in [-0.2, 0) is 0 Å². The van der Waals surface area contributed by atoms with Gasteiger partial charge >= 0.3 is 6.61 Å². The first kappa shape index (κ1) is 16.2. The van der Waals surface area contributed by atoms with Gasteiger partial charge in [0.25, 0.3) is 5.91 Å². The summed E-state index contributed by atoms with van der Waals surface area (Å²) in [4.78, 5) is 12.1. The predicted molar refractivity (Wildman–Crippen MR) is 81.7 cm³/mol. The summed E-state index contributed by atoms with van der Waals surface area (Å²) in [6.45, 7) is -2.96. The smallest absolute Gasteiger partial charge is 0.387 e. The summed E-state index contributed by atoms with van der Waals surface area (Å²) >= 11 is 3.30. The van der Waals surface area contributed by atoms with E-state index >= 15 is 0 Å². The second kappa shape index (κ2) is 7.22. The number of alkyl halides is 2. The molecule has 7 heteroatoms. The Morgan fingerprint density at radius 1 is 1.14 bits per heavy atom. The van der Waals surface area contributed by atoms with E-state index in [-0.39, 0.29) is 23.0 Å². The van der Waals surface area contributed by atoms with Crippen LogP contribution >= 0.6 is 15.9 Å². The largest absolute Gasteiger partial charge is 0.493 e. The lowest BCUT2D eigenvalue weighted by Crippen LogP contribution is -2.12. The number of hydrogen-bond acceptors (Lipinski definition) is 3. The van der Waals surface area contributed by atoms with Gasteiger partial charge in [0.15, 0.2) is 11.5 Å². The van der Waals surface area contributed by atoms with E-state index in [9.17, 15) is 13.6 Å². The summed E-state index contributed by atoms with van der Waals surface area (Å²) in [5.74, 6) is -0.453. The lowest BCUT2D eigenvalue weighted by atomic mass is 10.2. The van der Waals surface area contributed by atoms with E-state index in [1.165, 1.54) is 25.3 Å². The van der Waals surface area contributed by atoms with E-state index in [1.54, 1.807) is 24.3 Å². The summed E-state index contributed by atoms with van der Waals surface area (Å²) in [7, 11) is 1.31. The minimum absolute atomic E-state index is 0.0590. The minimum Gasteiger partial charge on any atom is -0.493 e. The number of hydrogen-bond donors (Lipinski definition) is 1. The summed E-state index contributed by atoms with van der Waals surface area (Å²) in [5.41, 5.74) is 0.876. The third-order valence-corrected chi connectivity index (χ3v) is 3.27. The molecule has 0 aromatic heterocycles. The lowest BCUT2D eigenvalue weighted by molar-refractivity contribution is -0.0512. The van der Waals surface area contributed by atoms with Crippen molar-refractivity contribution in [2.24, 2.45) is 0 Å². The maximum atomic E-state index is 12.3. The molecule has 0 radical (unpaired) electrons. The van der Waals surface area contributed by atoms with Crippen LogP contribution < -0.4 is 14.8 Å². The Morgan fingerprint density at radius 3 is 2.41 bits per heavy atom. The van der Waals surface area contributed by atoms with Gasteiger partial charge in [-0.15, -0.1) is 0 Å². The zero-order valence-electron chi connectivity index (χ0n) is 11.5. The first-order chi connectivity index (χ1) is 10.5. The van der Waals surface area contributed by atoms with Gasteiger partial charge in [-0.2, -0.15) is 8.78 Å². The van der Waals surface area contributed by atoms with Crippen LogP contribution in [0.1, 0.15) is 10.4 Å². The molecule has 2 aromatic rings. The molecule has 0 atom stereocenters. The Balaban J connectivity index is 2.17. The second-order valence-corrected chi connectivity index (χ2v) is 5.12. The maximum Gasteiger partial charge on any atom is 0.387 e. The number of carbonyl (C=O) groups is 1. The molecule has 0 aliphatic rings. The zero-order chi connectivity index (χ0) is 16.1. The number of rotatable bonds is 5. The number of nitrogens with one attached hydrogen (secondary N) is 1. The molecule has 2 rings (SSSR count). The van der Waals surface area contributed by atoms with Crippen LogP contribution in [0.25, 0.3) is 0 Å². The molecule has 0 saturated heterocycles. The fourth-order valence-electron chi connectivity index (χ4n) is 1.74. The van der Waals surface area contributed by atoms with Crippen molar-refractivity contribution in [1.29, 1.82) is 0 Å². The van der Waals surface area contributed by atoms with Crippen molar-refractivity contribution in [3.63, 3.8) is 0 Å². The van der Waals surface area contributed by atoms with Crippen LogP contribution in [0.5, 0.6) is 11.5 Å². The van der Waals surface area contributed by atoms with E-state index in [0.717, 1.165) is 4.47 Å². The number of carbonyl (C=O) groups excluding carboxylic acids is 1. The van der Waals surface area contributed by atoms with E-state index in [1.807, 2.05) is 0 Å². The first-order valence-electron chi connectivity index (χ1n) is 6.19. The van der Waals surface area contributed by atoms with Crippen molar-refractivity contribution in [2.75, 3.05) is 12.4 Å². The van der Waals surface area contributed by atoms with Crippen LogP contribution in [-0.4, -0.2) is 19.6 Å². The number of halogens is 3. The van der Waals surface area contributed by atoms with Gasteiger partial charge in [0.05, 0.1) is 7.11 Å². The fraction of sp³-hybridized carbons (Fsp3) is 0.133. The Labute approximate surface area is 134 Å².